The maximum Gasteiger partial charge on any atom is 0.174 e. The second kappa shape index (κ2) is 5.49. The zero-order valence-corrected chi connectivity index (χ0v) is 11.6. The Hall–Kier alpha value is -2.09. The van der Waals surface area contributed by atoms with E-state index in [4.69, 9.17) is 4.74 Å². The summed E-state index contributed by atoms with van der Waals surface area (Å²) in [6.07, 6.45) is 1.78. The average Bonchev–Trinajstić information content (AvgIpc) is 2.46. The van der Waals surface area contributed by atoms with Crippen LogP contribution in [-0.2, 0) is 6.42 Å². The molecule has 1 unspecified atom stereocenters. The molecule has 1 aliphatic carbocycles. The monoisotopic (exact) mass is 266 g/mol. The van der Waals surface area contributed by atoms with Crippen LogP contribution in [0.3, 0.4) is 0 Å². The van der Waals surface area contributed by atoms with Crippen LogP contribution in [0.15, 0.2) is 48.5 Å². The van der Waals surface area contributed by atoms with Gasteiger partial charge in [0, 0.05) is 0 Å². The van der Waals surface area contributed by atoms with E-state index >= 15 is 0 Å². The lowest BCUT2D eigenvalue weighted by molar-refractivity contribution is 0.0945. The van der Waals surface area contributed by atoms with Crippen molar-refractivity contribution in [1.29, 1.82) is 0 Å². The van der Waals surface area contributed by atoms with Crippen molar-refractivity contribution in [1.82, 2.24) is 0 Å². The number of carbonyl (C=O) groups is 1. The van der Waals surface area contributed by atoms with E-state index in [-0.39, 0.29) is 11.7 Å². The topological polar surface area (TPSA) is 26.3 Å². The molecule has 2 nitrogen and oxygen atoms in total. The van der Waals surface area contributed by atoms with Gasteiger partial charge in [-0.05, 0) is 36.1 Å². The van der Waals surface area contributed by atoms with Gasteiger partial charge >= 0.3 is 0 Å². The van der Waals surface area contributed by atoms with Crippen molar-refractivity contribution in [2.75, 3.05) is 6.61 Å². The van der Waals surface area contributed by atoms with Gasteiger partial charge in [0.1, 0.15) is 5.75 Å². The Balaban J connectivity index is 1.86. The van der Waals surface area contributed by atoms with Gasteiger partial charge in [-0.3, -0.25) is 4.79 Å². The second-order valence-corrected chi connectivity index (χ2v) is 5.16. The minimum absolute atomic E-state index is 0.00224. The smallest absolute Gasteiger partial charge is 0.174 e. The van der Waals surface area contributed by atoms with E-state index in [1.54, 1.807) is 0 Å². The molecule has 1 aliphatic rings. The van der Waals surface area contributed by atoms with E-state index < -0.39 is 0 Å². The zero-order chi connectivity index (χ0) is 13.9. The third-order valence-corrected chi connectivity index (χ3v) is 3.79. The van der Waals surface area contributed by atoms with E-state index in [1.165, 1.54) is 11.1 Å². The highest BCUT2D eigenvalue weighted by atomic mass is 16.5. The van der Waals surface area contributed by atoms with Gasteiger partial charge < -0.3 is 4.74 Å². The standard InChI is InChI=1S/C18H18O2/c1-2-11-20-17-10-6-5-9-15(17)18(19)16-12-13-7-3-4-8-14(13)16/h3-10,16H,2,11-12H2,1H3. The van der Waals surface area contributed by atoms with Crippen LogP contribution in [-0.4, -0.2) is 12.4 Å². The lowest BCUT2D eigenvalue weighted by Crippen LogP contribution is -2.25. The Morgan fingerprint density at radius 3 is 2.70 bits per heavy atom. The number of rotatable bonds is 5. The number of Topliss-reactive ketones (excluding diaryl/α,β-unsaturated/α-hetero) is 1. The van der Waals surface area contributed by atoms with Crippen LogP contribution in [0.2, 0.25) is 0 Å². The molecule has 0 heterocycles. The highest BCUT2D eigenvalue weighted by molar-refractivity contribution is 6.04. The van der Waals surface area contributed by atoms with Gasteiger partial charge in [-0.2, -0.15) is 0 Å². The Morgan fingerprint density at radius 2 is 1.90 bits per heavy atom. The van der Waals surface area contributed by atoms with Gasteiger partial charge in [0.2, 0.25) is 0 Å². The second-order valence-electron chi connectivity index (χ2n) is 5.16. The first-order valence-electron chi connectivity index (χ1n) is 7.15. The largest absolute Gasteiger partial charge is 0.493 e. The van der Waals surface area contributed by atoms with Crippen LogP contribution in [0.1, 0.15) is 40.7 Å². The Morgan fingerprint density at radius 1 is 1.15 bits per heavy atom. The van der Waals surface area contributed by atoms with Crippen molar-refractivity contribution in [3.63, 3.8) is 0 Å². The van der Waals surface area contributed by atoms with Gasteiger partial charge in [0.05, 0.1) is 18.1 Å². The summed E-state index contributed by atoms with van der Waals surface area (Å²) >= 11 is 0. The van der Waals surface area contributed by atoms with Crippen LogP contribution in [0, 0.1) is 0 Å². The molecular weight excluding hydrogens is 248 g/mol. The van der Waals surface area contributed by atoms with Crippen LogP contribution < -0.4 is 4.74 Å². The molecule has 2 aromatic rings. The number of hydrogen-bond donors (Lipinski definition) is 0. The molecule has 0 aromatic heterocycles. The maximum absolute atomic E-state index is 12.7. The summed E-state index contributed by atoms with van der Waals surface area (Å²) in [5.74, 6) is 0.886. The van der Waals surface area contributed by atoms with Crippen molar-refractivity contribution in [3.05, 3.63) is 65.2 Å². The average molecular weight is 266 g/mol. The van der Waals surface area contributed by atoms with E-state index in [0.29, 0.717) is 17.9 Å². The number of benzene rings is 2. The molecule has 0 radical (unpaired) electrons. The third kappa shape index (κ3) is 2.22. The normalized spacial score (nSPS) is 16.1. The van der Waals surface area contributed by atoms with E-state index in [2.05, 4.69) is 19.1 Å². The predicted octanol–water partition coefficient (Wildman–Crippen LogP) is 4.00. The first-order chi connectivity index (χ1) is 9.81. The predicted molar refractivity (Wildman–Crippen MR) is 79.4 cm³/mol. The van der Waals surface area contributed by atoms with Gasteiger partial charge in [0.15, 0.2) is 5.78 Å². The Kier molecular flexibility index (Phi) is 3.55. The van der Waals surface area contributed by atoms with Crippen molar-refractivity contribution in [2.45, 2.75) is 25.7 Å². The molecule has 0 saturated heterocycles. The lowest BCUT2D eigenvalue weighted by Gasteiger charge is -2.29. The lowest BCUT2D eigenvalue weighted by atomic mass is 9.74. The number of ketones is 1. The molecule has 0 saturated carbocycles. The molecule has 20 heavy (non-hydrogen) atoms. The van der Waals surface area contributed by atoms with Crippen LogP contribution >= 0.6 is 0 Å². The fraction of sp³-hybridized carbons (Fsp3) is 0.278. The fourth-order valence-corrected chi connectivity index (χ4v) is 2.69. The summed E-state index contributed by atoms with van der Waals surface area (Å²) in [7, 11) is 0. The summed E-state index contributed by atoms with van der Waals surface area (Å²) in [6, 6.07) is 15.7. The number of para-hydroxylation sites is 1. The Labute approximate surface area is 119 Å². The van der Waals surface area contributed by atoms with Gasteiger partial charge in [-0.1, -0.05) is 43.3 Å². The molecule has 0 aliphatic heterocycles. The van der Waals surface area contributed by atoms with Gasteiger partial charge in [0.25, 0.3) is 0 Å². The molecule has 2 aromatic carbocycles. The van der Waals surface area contributed by atoms with Gasteiger partial charge in [-0.15, -0.1) is 0 Å². The first kappa shape index (κ1) is 12.9. The van der Waals surface area contributed by atoms with Crippen molar-refractivity contribution >= 4 is 5.78 Å². The van der Waals surface area contributed by atoms with Crippen molar-refractivity contribution in [2.24, 2.45) is 0 Å². The highest BCUT2D eigenvalue weighted by Gasteiger charge is 2.33. The molecule has 0 N–H and O–H groups in total. The summed E-state index contributed by atoms with van der Waals surface area (Å²) in [6.45, 7) is 2.71. The van der Waals surface area contributed by atoms with E-state index in [0.717, 1.165) is 12.8 Å². The van der Waals surface area contributed by atoms with E-state index in [9.17, 15) is 4.79 Å². The minimum Gasteiger partial charge on any atom is -0.493 e. The third-order valence-electron chi connectivity index (χ3n) is 3.79. The van der Waals surface area contributed by atoms with Gasteiger partial charge in [-0.25, -0.2) is 0 Å². The molecule has 0 amide bonds. The summed E-state index contributed by atoms with van der Waals surface area (Å²) in [5.41, 5.74) is 3.17. The highest BCUT2D eigenvalue weighted by Crippen LogP contribution is 2.38. The molecule has 0 spiro atoms. The quantitative estimate of drug-likeness (QED) is 0.765. The SMILES string of the molecule is CCCOc1ccccc1C(=O)C1Cc2ccccc21. The van der Waals surface area contributed by atoms with E-state index in [1.807, 2.05) is 36.4 Å². The number of carbonyl (C=O) groups excluding carboxylic acids is 1. The fourth-order valence-electron chi connectivity index (χ4n) is 2.69. The zero-order valence-electron chi connectivity index (χ0n) is 11.6. The molecular formula is C18H18O2. The maximum atomic E-state index is 12.7. The molecule has 1 atom stereocenters. The number of ether oxygens (including phenoxy) is 1. The van der Waals surface area contributed by atoms with Crippen molar-refractivity contribution < 1.29 is 9.53 Å². The molecule has 3 rings (SSSR count). The minimum atomic E-state index is -0.00224. The molecule has 2 heteroatoms. The summed E-state index contributed by atoms with van der Waals surface area (Å²) in [5, 5.41) is 0. The molecule has 102 valence electrons. The molecule has 0 bridgehead atoms. The van der Waals surface area contributed by atoms with Crippen LogP contribution in [0.25, 0.3) is 0 Å². The van der Waals surface area contributed by atoms with Crippen LogP contribution in [0.5, 0.6) is 5.75 Å². The molecule has 0 fully saturated rings. The summed E-state index contributed by atoms with van der Waals surface area (Å²) < 4.78 is 5.69. The number of fused-ring (bicyclic) bond motifs is 1. The van der Waals surface area contributed by atoms with Crippen LogP contribution in [0.4, 0.5) is 0 Å². The summed E-state index contributed by atoms with van der Waals surface area (Å²) in [4.78, 5) is 12.7. The Bertz CT molecular complexity index is 631. The first-order valence-corrected chi connectivity index (χ1v) is 7.15. The van der Waals surface area contributed by atoms with Crippen molar-refractivity contribution in [3.8, 4) is 5.75 Å². The number of hydrogen-bond acceptors (Lipinski definition) is 2.